The third-order valence-electron chi connectivity index (χ3n) is 3.97. The maximum absolute atomic E-state index is 12.5. The highest BCUT2D eigenvalue weighted by molar-refractivity contribution is 5.71. The average Bonchev–Trinajstić information content (AvgIpc) is 2.68. The Kier molecular flexibility index (Phi) is 4.75. The van der Waals surface area contributed by atoms with Gasteiger partial charge in [0.05, 0.1) is 5.52 Å². The quantitative estimate of drug-likeness (QED) is 0.923. The van der Waals surface area contributed by atoms with Crippen molar-refractivity contribution in [3.8, 4) is 0 Å². The Hall–Kier alpha value is -1.62. The molecule has 0 aromatic carbocycles. The maximum atomic E-state index is 12.5. The number of rotatable bonds is 5. The van der Waals surface area contributed by atoms with Crippen molar-refractivity contribution in [3.63, 3.8) is 0 Å². The largest absolute Gasteiger partial charge is 0.330 e. The predicted octanol–water partition coefficient (Wildman–Crippen LogP) is 2.49. The molecule has 1 N–H and O–H groups in total. The standard InChI is InChI=1S/C17H28N4O/c1-12(9-10-18-5)13-7-8-14-15(19-13)20(6)16(22)21(14)11-17(2,3)4/h7-8,12,18H,9-11H2,1-6H3. The summed E-state index contributed by atoms with van der Waals surface area (Å²) in [6, 6.07) is 4.10. The lowest BCUT2D eigenvalue weighted by Gasteiger charge is -2.18. The molecule has 0 amide bonds. The van der Waals surface area contributed by atoms with Crippen molar-refractivity contribution in [2.24, 2.45) is 12.5 Å². The summed E-state index contributed by atoms with van der Waals surface area (Å²) >= 11 is 0. The molecule has 0 radical (unpaired) electrons. The lowest BCUT2D eigenvalue weighted by atomic mass is 9.97. The second-order valence-corrected chi connectivity index (χ2v) is 7.36. The van der Waals surface area contributed by atoms with Crippen LogP contribution in [0.4, 0.5) is 0 Å². The van der Waals surface area contributed by atoms with E-state index in [1.165, 1.54) is 0 Å². The van der Waals surface area contributed by atoms with E-state index in [1.807, 2.05) is 17.7 Å². The summed E-state index contributed by atoms with van der Waals surface area (Å²) in [6.07, 6.45) is 1.03. The average molecular weight is 304 g/mol. The Morgan fingerprint density at radius 1 is 1.32 bits per heavy atom. The Morgan fingerprint density at radius 2 is 2.00 bits per heavy atom. The number of fused-ring (bicyclic) bond motifs is 1. The first-order valence-electron chi connectivity index (χ1n) is 7.95. The zero-order chi connectivity index (χ0) is 16.5. The van der Waals surface area contributed by atoms with Gasteiger partial charge in [0, 0.05) is 19.3 Å². The van der Waals surface area contributed by atoms with Crippen LogP contribution >= 0.6 is 0 Å². The molecule has 2 aromatic heterocycles. The third-order valence-corrected chi connectivity index (χ3v) is 3.97. The lowest BCUT2D eigenvalue weighted by molar-refractivity contribution is 0.342. The Morgan fingerprint density at radius 3 is 2.59 bits per heavy atom. The van der Waals surface area contributed by atoms with Gasteiger partial charge in [-0.1, -0.05) is 27.7 Å². The predicted molar refractivity (Wildman–Crippen MR) is 91.4 cm³/mol. The molecule has 0 saturated heterocycles. The minimum atomic E-state index is 0.0115. The van der Waals surface area contributed by atoms with Crippen LogP contribution in [0.1, 0.15) is 45.7 Å². The van der Waals surface area contributed by atoms with Crippen LogP contribution in [0.2, 0.25) is 0 Å². The topological polar surface area (TPSA) is 51.9 Å². The third kappa shape index (κ3) is 3.40. The van der Waals surface area contributed by atoms with Crippen molar-refractivity contribution in [2.45, 2.75) is 46.6 Å². The fourth-order valence-electron chi connectivity index (χ4n) is 2.70. The van der Waals surface area contributed by atoms with Gasteiger partial charge in [0.15, 0.2) is 5.65 Å². The number of nitrogens with one attached hydrogen (secondary N) is 1. The molecule has 2 heterocycles. The van der Waals surface area contributed by atoms with Gasteiger partial charge >= 0.3 is 5.69 Å². The van der Waals surface area contributed by atoms with Crippen LogP contribution in [-0.2, 0) is 13.6 Å². The molecule has 0 aliphatic heterocycles. The fraction of sp³-hybridized carbons (Fsp3) is 0.647. The Balaban J connectivity index is 2.46. The van der Waals surface area contributed by atoms with Gasteiger partial charge < -0.3 is 5.32 Å². The summed E-state index contributed by atoms with van der Waals surface area (Å²) < 4.78 is 3.50. The number of hydrogen-bond donors (Lipinski definition) is 1. The molecule has 5 heteroatoms. The van der Waals surface area contributed by atoms with E-state index in [4.69, 9.17) is 4.98 Å². The molecule has 5 nitrogen and oxygen atoms in total. The number of aryl methyl sites for hydroxylation is 1. The first-order chi connectivity index (χ1) is 10.2. The molecule has 0 bridgehead atoms. The Bertz CT molecular complexity index is 706. The van der Waals surface area contributed by atoms with E-state index in [9.17, 15) is 4.79 Å². The van der Waals surface area contributed by atoms with E-state index in [0.29, 0.717) is 12.5 Å². The zero-order valence-electron chi connectivity index (χ0n) is 14.6. The fourth-order valence-corrected chi connectivity index (χ4v) is 2.70. The van der Waals surface area contributed by atoms with Gasteiger partial charge in [-0.3, -0.25) is 9.13 Å². The molecule has 2 rings (SSSR count). The highest BCUT2D eigenvalue weighted by atomic mass is 16.1. The first-order valence-corrected chi connectivity index (χ1v) is 7.95. The van der Waals surface area contributed by atoms with Crippen LogP contribution in [0.3, 0.4) is 0 Å². The molecular weight excluding hydrogens is 276 g/mol. The van der Waals surface area contributed by atoms with Crippen LogP contribution in [0, 0.1) is 5.41 Å². The van der Waals surface area contributed by atoms with Gasteiger partial charge in [-0.05, 0) is 43.5 Å². The monoisotopic (exact) mass is 304 g/mol. The molecule has 0 aliphatic carbocycles. The zero-order valence-corrected chi connectivity index (χ0v) is 14.6. The van der Waals surface area contributed by atoms with E-state index in [0.717, 1.165) is 29.8 Å². The minimum absolute atomic E-state index is 0.0115. The summed E-state index contributed by atoms with van der Waals surface area (Å²) in [7, 11) is 3.76. The maximum Gasteiger partial charge on any atom is 0.330 e. The van der Waals surface area contributed by atoms with E-state index in [1.54, 1.807) is 11.6 Å². The van der Waals surface area contributed by atoms with E-state index >= 15 is 0 Å². The van der Waals surface area contributed by atoms with Crippen LogP contribution in [0.25, 0.3) is 11.2 Å². The number of aromatic nitrogens is 3. The van der Waals surface area contributed by atoms with Crippen molar-refractivity contribution in [1.29, 1.82) is 0 Å². The van der Waals surface area contributed by atoms with Gasteiger partial charge in [0.1, 0.15) is 0 Å². The molecule has 0 aliphatic rings. The van der Waals surface area contributed by atoms with Gasteiger partial charge in [-0.25, -0.2) is 9.78 Å². The van der Waals surface area contributed by atoms with Crippen LogP contribution < -0.4 is 11.0 Å². The molecule has 0 saturated carbocycles. The van der Waals surface area contributed by atoms with E-state index < -0.39 is 0 Å². The number of nitrogens with zero attached hydrogens (tertiary/aromatic N) is 3. The summed E-state index contributed by atoms with van der Waals surface area (Å²) in [5, 5.41) is 3.17. The minimum Gasteiger partial charge on any atom is -0.320 e. The molecule has 122 valence electrons. The number of imidazole rings is 1. The molecule has 1 unspecified atom stereocenters. The first kappa shape index (κ1) is 16.7. The molecule has 0 spiro atoms. The molecular formula is C17H28N4O. The van der Waals surface area contributed by atoms with Gasteiger partial charge in [-0.2, -0.15) is 0 Å². The molecule has 22 heavy (non-hydrogen) atoms. The van der Waals surface area contributed by atoms with Crippen LogP contribution in [-0.4, -0.2) is 27.7 Å². The smallest absolute Gasteiger partial charge is 0.320 e. The van der Waals surface area contributed by atoms with Crippen molar-refractivity contribution in [3.05, 3.63) is 28.3 Å². The van der Waals surface area contributed by atoms with E-state index in [2.05, 4.69) is 39.1 Å². The van der Waals surface area contributed by atoms with Gasteiger partial charge in [0.2, 0.25) is 0 Å². The van der Waals surface area contributed by atoms with Crippen molar-refractivity contribution >= 4 is 11.2 Å². The molecule has 2 aromatic rings. The van der Waals surface area contributed by atoms with Gasteiger partial charge in [0.25, 0.3) is 0 Å². The highest BCUT2D eigenvalue weighted by Crippen LogP contribution is 2.22. The molecule has 0 fully saturated rings. The second-order valence-electron chi connectivity index (χ2n) is 7.36. The SMILES string of the molecule is CNCCC(C)c1ccc2c(n1)n(C)c(=O)n2CC(C)(C)C. The number of hydrogen-bond acceptors (Lipinski definition) is 3. The van der Waals surface area contributed by atoms with E-state index in [-0.39, 0.29) is 11.1 Å². The summed E-state index contributed by atoms with van der Waals surface area (Å²) in [5.41, 5.74) is 2.82. The van der Waals surface area contributed by atoms with Crippen LogP contribution in [0.15, 0.2) is 16.9 Å². The summed E-state index contributed by atoms with van der Waals surface area (Å²) in [5.74, 6) is 0.373. The van der Waals surface area contributed by atoms with Crippen molar-refractivity contribution in [1.82, 2.24) is 19.4 Å². The van der Waals surface area contributed by atoms with Gasteiger partial charge in [-0.15, -0.1) is 0 Å². The normalized spacial score (nSPS) is 13.7. The van der Waals surface area contributed by atoms with Crippen LogP contribution in [0.5, 0.6) is 0 Å². The number of pyridine rings is 1. The summed E-state index contributed by atoms with van der Waals surface area (Å²) in [4.78, 5) is 17.2. The Labute approximate surface area is 132 Å². The van der Waals surface area contributed by atoms with Crippen molar-refractivity contribution in [2.75, 3.05) is 13.6 Å². The van der Waals surface area contributed by atoms with Crippen molar-refractivity contribution < 1.29 is 0 Å². The second kappa shape index (κ2) is 6.24. The molecule has 1 atom stereocenters. The summed E-state index contributed by atoms with van der Waals surface area (Å²) in [6.45, 7) is 10.2. The highest BCUT2D eigenvalue weighted by Gasteiger charge is 2.19. The lowest BCUT2D eigenvalue weighted by Crippen LogP contribution is -2.27.